The van der Waals surface area contributed by atoms with Gasteiger partial charge in [-0.15, -0.1) is 23.1 Å². The molecule has 0 aliphatic rings. The van der Waals surface area contributed by atoms with Gasteiger partial charge in [0.25, 0.3) is 5.91 Å². The number of hydrogen-bond acceptors (Lipinski definition) is 4. The molecular formula is C15H17NO2S2. The number of hydrogen-bond donors (Lipinski definition) is 0. The molecule has 0 aliphatic heterocycles. The summed E-state index contributed by atoms with van der Waals surface area (Å²) in [5, 5.41) is 2.00. The summed E-state index contributed by atoms with van der Waals surface area (Å²) < 4.78 is 5.42. The summed E-state index contributed by atoms with van der Waals surface area (Å²) in [5.41, 5.74) is 2.04. The summed E-state index contributed by atoms with van der Waals surface area (Å²) in [7, 11) is 5.18. The second-order valence-electron chi connectivity index (χ2n) is 4.47. The molecule has 0 atom stereocenters. The summed E-state index contributed by atoms with van der Waals surface area (Å²) >= 11 is 3.15. The molecule has 2 rings (SSSR count). The van der Waals surface area contributed by atoms with Crippen molar-refractivity contribution in [3.8, 4) is 16.9 Å². The second-order valence-corrected chi connectivity index (χ2v) is 6.26. The molecule has 0 fully saturated rings. The predicted octanol–water partition coefficient (Wildman–Crippen LogP) is 3.85. The van der Waals surface area contributed by atoms with E-state index in [-0.39, 0.29) is 5.91 Å². The smallest absolute Gasteiger partial charge is 0.263 e. The minimum atomic E-state index is 0.0289. The van der Waals surface area contributed by atoms with Gasteiger partial charge in [0.05, 0.1) is 12.0 Å². The van der Waals surface area contributed by atoms with Gasteiger partial charge in [-0.25, -0.2) is 0 Å². The Hall–Kier alpha value is -1.46. The van der Waals surface area contributed by atoms with E-state index in [4.69, 9.17) is 4.74 Å². The Labute approximate surface area is 127 Å². The molecule has 0 bridgehead atoms. The van der Waals surface area contributed by atoms with Crippen molar-refractivity contribution >= 4 is 29.0 Å². The normalized spacial score (nSPS) is 10.4. The molecule has 20 heavy (non-hydrogen) atoms. The van der Waals surface area contributed by atoms with Crippen LogP contribution in [0.15, 0.2) is 34.5 Å². The van der Waals surface area contributed by atoms with Gasteiger partial charge in [0.15, 0.2) is 0 Å². The van der Waals surface area contributed by atoms with Crippen LogP contribution in [0.2, 0.25) is 0 Å². The van der Waals surface area contributed by atoms with Gasteiger partial charge in [-0.3, -0.25) is 4.79 Å². The Kier molecular flexibility index (Phi) is 4.73. The van der Waals surface area contributed by atoms with Gasteiger partial charge < -0.3 is 9.64 Å². The predicted molar refractivity (Wildman–Crippen MR) is 86.1 cm³/mol. The van der Waals surface area contributed by atoms with E-state index in [0.717, 1.165) is 21.8 Å². The fraction of sp³-hybridized carbons (Fsp3) is 0.267. The van der Waals surface area contributed by atoms with Crippen LogP contribution in [-0.4, -0.2) is 38.3 Å². The lowest BCUT2D eigenvalue weighted by Gasteiger charge is -2.09. The van der Waals surface area contributed by atoms with Gasteiger partial charge in [0, 0.05) is 24.6 Å². The SMILES string of the molecule is COc1ccc(SC)cc1-c1csc(C(=O)N(C)C)c1. The third kappa shape index (κ3) is 2.99. The molecule has 3 nitrogen and oxygen atoms in total. The molecular weight excluding hydrogens is 290 g/mol. The van der Waals surface area contributed by atoms with Gasteiger partial charge in [-0.1, -0.05) is 0 Å². The zero-order chi connectivity index (χ0) is 14.7. The molecule has 0 radical (unpaired) electrons. The molecule has 0 unspecified atom stereocenters. The lowest BCUT2D eigenvalue weighted by Crippen LogP contribution is -2.20. The first-order valence-electron chi connectivity index (χ1n) is 6.09. The molecule has 2 aromatic rings. The van der Waals surface area contributed by atoms with Crippen LogP contribution in [0.1, 0.15) is 9.67 Å². The third-order valence-corrected chi connectivity index (χ3v) is 4.58. The summed E-state index contributed by atoms with van der Waals surface area (Å²) in [5.74, 6) is 0.852. The number of carbonyl (C=O) groups excluding carboxylic acids is 1. The van der Waals surface area contributed by atoms with Crippen molar-refractivity contribution in [3.05, 3.63) is 34.5 Å². The van der Waals surface area contributed by atoms with E-state index in [9.17, 15) is 4.79 Å². The highest BCUT2D eigenvalue weighted by Gasteiger charge is 2.14. The molecule has 5 heteroatoms. The maximum Gasteiger partial charge on any atom is 0.263 e. The minimum absolute atomic E-state index is 0.0289. The number of thioether (sulfide) groups is 1. The van der Waals surface area contributed by atoms with Crippen molar-refractivity contribution in [1.29, 1.82) is 0 Å². The monoisotopic (exact) mass is 307 g/mol. The Morgan fingerprint density at radius 1 is 1.30 bits per heavy atom. The number of carbonyl (C=O) groups is 1. The van der Waals surface area contributed by atoms with Crippen LogP contribution >= 0.6 is 23.1 Å². The zero-order valence-corrected chi connectivity index (χ0v) is 13.6. The Morgan fingerprint density at radius 3 is 2.65 bits per heavy atom. The van der Waals surface area contributed by atoms with Crippen molar-refractivity contribution in [2.75, 3.05) is 27.5 Å². The highest BCUT2D eigenvalue weighted by molar-refractivity contribution is 7.98. The number of benzene rings is 1. The summed E-state index contributed by atoms with van der Waals surface area (Å²) in [6.45, 7) is 0. The maximum atomic E-state index is 12.0. The standard InChI is InChI=1S/C15H17NO2S2/c1-16(2)15(17)14-7-10(9-20-14)12-8-11(19-4)5-6-13(12)18-3/h5-9H,1-4H3. The number of amides is 1. The fourth-order valence-corrected chi connectivity index (χ4v) is 3.22. The van der Waals surface area contributed by atoms with Crippen molar-refractivity contribution in [1.82, 2.24) is 4.90 Å². The quantitative estimate of drug-likeness (QED) is 0.804. The van der Waals surface area contributed by atoms with Crippen LogP contribution in [0.5, 0.6) is 5.75 Å². The largest absolute Gasteiger partial charge is 0.496 e. The zero-order valence-electron chi connectivity index (χ0n) is 12.0. The summed E-state index contributed by atoms with van der Waals surface area (Å²) in [6.07, 6.45) is 2.04. The molecule has 106 valence electrons. The van der Waals surface area contributed by atoms with E-state index in [1.807, 2.05) is 29.8 Å². The number of rotatable bonds is 4. The molecule has 1 aromatic heterocycles. The van der Waals surface area contributed by atoms with Crippen LogP contribution in [-0.2, 0) is 0 Å². The van der Waals surface area contributed by atoms with Crippen LogP contribution in [0.25, 0.3) is 11.1 Å². The molecule has 0 N–H and O–H groups in total. The van der Waals surface area contributed by atoms with Gasteiger partial charge in [-0.05, 0) is 41.5 Å². The average Bonchev–Trinajstić information content (AvgIpc) is 2.95. The van der Waals surface area contributed by atoms with E-state index in [2.05, 4.69) is 6.07 Å². The fourth-order valence-electron chi connectivity index (χ4n) is 1.85. The first-order chi connectivity index (χ1) is 9.56. The summed E-state index contributed by atoms with van der Waals surface area (Å²) in [4.78, 5) is 15.5. The van der Waals surface area contributed by atoms with E-state index >= 15 is 0 Å². The number of thiophene rings is 1. The van der Waals surface area contributed by atoms with Crippen molar-refractivity contribution < 1.29 is 9.53 Å². The molecule has 0 saturated heterocycles. The second kappa shape index (κ2) is 6.33. The molecule has 1 heterocycles. The number of nitrogens with zero attached hydrogens (tertiary/aromatic N) is 1. The molecule has 1 aromatic carbocycles. The Balaban J connectivity index is 2.43. The minimum Gasteiger partial charge on any atom is -0.496 e. The van der Waals surface area contributed by atoms with E-state index in [1.165, 1.54) is 16.2 Å². The molecule has 0 spiro atoms. The van der Waals surface area contributed by atoms with Gasteiger partial charge in [0.1, 0.15) is 5.75 Å². The van der Waals surface area contributed by atoms with Crippen LogP contribution in [0, 0.1) is 0 Å². The number of ether oxygens (including phenoxy) is 1. The van der Waals surface area contributed by atoms with E-state index in [1.54, 1.807) is 37.9 Å². The highest BCUT2D eigenvalue weighted by Crippen LogP contribution is 2.35. The molecule has 0 saturated carbocycles. The van der Waals surface area contributed by atoms with Gasteiger partial charge in [0.2, 0.25) is 0 Å². The first kappa shape index (κ1) is 14.9. The Bertz CT molecular complexity index is 620. The average molecular weight is 307 g/mol. The van der Waals surface area contributed by atoms with Crippen LogP contribution in [0.4, 0.5) is 0 Å². The topological polar surface area (TPSA) is 29.5 Å². The lowest BCUT2D eigenvalue weighted by atomic mass is 10.1. The van der Waals surface area contributed by atoms with Gasteiger partial charge in [-0.2, -0.15) is 0 Å². The third-order valence-electron chi connectivity index (χ3n) is 2.93. The first-order valence-corrected chi connectivity index (χ1v) is 8.20. The van der Waals surface area contributed by atoms with Crippen LogP contribution < -0.4 is 4.74 Å². The molecule has 1 amide bonds. The van der Waals surface area contributed by atoms with E-state index in [0.29, 0.717) is 0 Å². The van der Waals surface area contributed by atoms with Crippen LogP contribution in [0.3, 0.4) is 0 Å². The number of methoxy groups -OCH3 is 1. The highest BCUT2D eigenvalue weighted by atomic mass is 32.2. The molecule has 0 aliphatic carbocycles. The lowest BCUT2D eigenvalue weighted by molar-refractivity contribution is 0.0832. The van der Waals surface area contributed by atoms with Gasteiger partial charge >= 0.3 is 0 Å². The van der Waals surface area contributed by atoms with Crippen molar-refractivity contribution in [2.45, 2.75) is 4.90 Å². The maximum absolute atomic E-state index is 12.0. The van der Waals surface area contributed by atoms with Crippen molar-refractivity contribution in [3.63, 3.8) is 0 Å². The van der Waals surface area contributed by atoms with E-state index < -0.39 is 0 Å². The summed E-state index contributed by atoms with van der Waals surface area (Å²) in [6, 6.07) is 8.02. The Morgan fingerprint density at radius 2 is 2.05 bits per heavy atom. The van der Waals surface area contributed by atoms with Crippen molar-refractivity contribution in [2.24, 2.45) is 0 Å².